The van der Waals surface area contributed by atoms with Gasteiger partial charge in [-0.05, 0) is 66.0 Å². The number of fused-ring (bicyclic) bond motifs is 2. The standard InChI is InChI=1S/C26H28N2O2S/c29-31(30,27-23-12-2-1-3-13-23)28-18-8-11-22(19-28)26-24-14-6-4-9-20(24)16-17-21-10-5-7-15-25(21)26/h1-7,9-10,12-15,22,26-27H,8,11,16-19H2. The zero-order valence-electron chi connectivity index (χ0n) is 17.6. The molecule has 0 saturated carbocycles. The van der Waals surface area contributed by atoms with Crippen LogP contribution >= 0.6 is 0 Å². The fraction of sp³-hybridized carbons (Fsp3) is 0.308. The third-order valence-corrected chi connectivity index (χ3v) is 8.20. The fourth-order valence-corrected chi connectivity index (χ4v) is 6.58. The van der Waals surface area contributed by atoms with Crippen molar-refractivity contribution in [3.63, 3.8) is 0 Å². The maximum Gasteiger partial charge on any atom is 0.301 e. The summed E-state index contributed by atoms with van der Waals surface area (Å²) in [4.78, 5) is 0. The van der Waals surface area contributed by atoms with Crippen molar-refractivity contribution in [2.24, 2.45) is 5.92 Å². The first-order valence-electron chi connectivity index (χ1n) is 11.1. The maximum absolute atomic E-state index is 13.2. The highest BCUT2D eigenvalue weighted by molar-refractivity contribution is 7.90. The molecule has 31 heavy (non-hydrogen) atoms. The van der Waals surface area contributed by atoms with Gasteiger partial charge in [0.1, 0.15) is 0 Å². The minimum Gasteiger partial charge on any atom is -0.271 e. The third-order valence-electron chi connectivity index (χ3n) is 6.70. The molecule has 1 N–H and O–H groups in total. The van der Waals surface area contributed by atoms with Gasteiger partial charge in [0.05, 0.1) is 0 Å². The second-order valence-electron chi connectivity index (χ2n) is 8.61. The Morgan fingerprint density at radius 2 is 1.35 bits per heavy atom. The summed E-state index contributed by atoms with van der Waals surface area (Å²) in [5, 5.41) is 0. The highest BCUT2D eigenvalue weighted by atomic mass is 32.2. The van der Waals surface area contributed by atoms with Gasteiger partial charge in [-0.25, -0.2) is 0 Å². The van der Waals surface area contributed by atoms with Crippen molar-refractivity contribution in [3.8, 4) is 0 Å². The van der Waals surface area contributed by atoms with Crippen molar-refractivity contribution >= 4 is 15.9 Å². The number of anilines is 1. The van der Waals surface area contributed by atoms with Gasteiger partial charge >= 0.3 is 10.2 Å². The lowest BCUT2D eigenvalue weighted by atomic mass is 9.76. The van der Waals surface area contributed by atoms with E-state index in [1.54, 1.807) is 16.4 Å². The first kappa shape index (κ1) is 20.3. The van der Waals surface area contributed by atoms with Crippen molar-refractivity contribution < 1.29 is 8.42 Å². The number of piperidine rings is 1. The number of nitrogens with zero attached hydrogens (tertiary/aromatic N) is 1. The number of para-hydroxylation sites is 1. The van der Waals surface area contributed by atoms with Gasteiger partial charge in [0.2, 0.25) is 0 Å². The van der Waals surface area contributed by atoms with Crippen LogP contribution in [0.1, 0.15) is 41.0 Å². The quantitative estimate of drug-likeness (QED) is 0.632. The van der Waals surface area contributed by atoms with Crippen LogP contribution < -0.4 is 4.72 Å². The van der Waals surface area contributed by atoms with Crippen LogP contribution in [0.4, 0.5) is 5.69 Å². The summed E-state index contributed by atoms with van der Waals surface area (Å²) in [5.41, 5.74) is 6.13. The molecule has 1 saturated heterocycles. The number of aryl methyl sites for hydroxylation is 2. The molecule has 3 aromatic carbocycles. The lowest BCUT2D eigenvalue weighted by Gasteiger charge is -2.37. The van der Waals surface area contributed by atoms with E-state index >= 15 is 0 Å². The van der Waals surface area contributed by atoms with Gasteiger partial charge in [-0.3, -0.25) is 4.72 Å². The number of nitrogens with one attached hydrogen (secondary N) is 1. The number of hydrogen-bond acceptors (Lipinski definition) is 2. The van der Waals surface area contributed by atoms with Crippen LogP contribution in [0.5, 0.6) is 0 Å². The van der Waals surface area contributed by atoms with Crippen LogP contribution in [0.3, 0.4) is 0 Å². The van der Waals surface area contributed by atoms with Crippen molar-refractivity contribution in [3.05, 3.63) is 101 Å². The van der Waals surface area contributed by atoms with Crippen molar-refractivity contribution in [1.82, 2.24) is 4.31 Å². The van der Waals surface area contributed by atoms with E-state index in [0.29, 0.717) is 18.8 Å². The van der Waals surface area contributed by atoms with Crippen molar-refractivity contribution in [1.29, 1.82) is 0 Å². The lowest BCUT2D eigenvalue weighted by Crippen LogP contribution is -2.44. The molecule has 3 aromatic rings. The highest BCUT2D eigenvalue weighted by Gasteiger charge is 2.36. The molecule has 0 bridgehead atoms. The minimum absolute atomic E-state index is 0.227. The summed E-state index contributed by atoms with van der Waals surface area (Å²) < 4.78 is 30.7. The van der Waals surface area contributed by atoms with Crippen LogP contribution in [-0.4, -0.2) is 25.8 Å². The smallest absolute Gasteiger partial charge is 0.271 e. The molecule has 0 aromatic heterocycles. The average Bonchev–Trinajstić information content (AvgIpc) is 2.96. The van der Waals surface area contributed by atoms with E-state index in [9.17, 15) is 8.42 Å². The Balaban J connectivity index is 1.48. The molecule has 1 aliphatic heterocycles. The Labute approximate surface area is 185 Å². The van der Waals surface area contributed by atoms with Crippen LogP contribution in [0.15, 0.2) is 78.9 Å². The molecule has 1 aliphatic carbocycles. The lowest BCUT2D eigenvalue weighted by molar-refractivity contribution is 0.249. The second-order valence-corrected chi connectivity index (χ2v) is 10.3. The van der Waals surface area contributed by atoms with E-state index in [-0.39, 0.29) is 11.8 Å². The van der Waals surface area contributed by atoms with Crippen LogP contribution in [0, 0.1) is 5.92 Å². The molecule has 1 heterocycles. The van der Waals surface area contributed by atoms with Gasteiger partial charge in [0, 0.05) is 24.7 Å². The molecular weight excluding hydrogens is 404 g/mol. The van der Waals surface area contributed by atoms with E-state index in [1.807, 2.05) is 18.2 Å². The molecule has 2 aliphatic rings. The van der Waals surface area contributed by atoms with Crippen LogP contribution in [-0.2, 0) is 23.1 Å². The van der Waals surface area contributed by atoms with E-state index in [0.717, 1.165) is 25.7 Å². The molecule has 0 amide bonds. The molecule has 160 valence electrons. The molecule has 1 unspecified atom stereocenters. The van der Waals surface area contributed by atoms with E-state index in [4.69, 9.17) is 0 Å². The number of benzene rings is 3. The molecule has 0 radical (unpaired) electrons. The number of hydrogen-bond donors (Lipinski definition) is 1. The van der Waals surface area contributed by atoms with Gasteiger partial charge in [0.15, 0.2) is 0 Å². The molecule has 0 spiro atoms. The normalized spacial score (nSPS) is 19.8. The van der Waals surface area contributed by atoms with Crippen LogP contribution in [0.25, 0.3) is 0 Å². The summed E-state index contributed by atoms with van der Waals surface area (Å²) in [6.07, 6.45) is 3.98. The Morgan fingerprint density at radius 3 is 2.00 bits per heavy atom. The second kappa shape index (κ2) is 8.48. The predicted molar refractivity (Wildman–Crippen MR) is 125 cm³/mol. The largest absolute Gasteiger partial charge is 0.301 e. The van der Waals surface area contributed by atoms with Gasteiger partial charge < -0.3 is 0 Å². The van der Waals surface area contributed by atoms with E-state index < -0.39 is 10.2 Å². The van der Waals surface area contributed by atoms with Crippen molar-refractivity contribution in [2.45, 2.75) is 31.6 Å². The zero-order valence-corrected chi connectivity index (χ0v) is 18.4. The monoisotopic (exact) mass is 432 g/mol. The molecular formula is C26H28N2O2S. The molecule has 5 heteroatoms. The Morgan fingerprint density at radius 1 is 0.774 bits per heavy atom. The number of rotatable bonds is 4. The first-order valence-corrected chi connectivity index (χ1v) is 12.5. The van der Waals surface area contributed by atoms with Gasteiger partial charge in [-0.2, -0.15) is 12.7 Å². The Kier molecular flexibility index (Phi) is 5.55. The molecule has 1 atom stereocenters. The molecule has 1 fully saturated rings. The van der Waals surface area contributed by atoms with E-state index in [1.165, 1.54) is 22.3 Å². The summed E-state index contributed by atoms with van der Waals surface area (Å²) in [6.45, 7) is 1.10. The molecule has 5 rings (SSSR count). The zero-order chi connectivity index (χ0) is 21.3. The highest BCUT2D eigenvalue weighted by Crippen LogP contribution is 2.42. The molecule has 4 nitrogen and oxygen atoms in total. The topological polar surface area (TPSA) is 49.4 Å². The van der Waals surface area contributed by atoms with Gasteiger partial charge in [-0.15, -0.1) is 0 Å². The summed E-state index contributed by atoms with van der Waals surface area (Å²) in [7, 11) is -3.59. The van der Waals surface area contributed by atoms with Gasteiger partial charge in [0.25, 0.3) is 0 Å². The summed E-state index contributed by atoms with van der Waals surface area (Å²) in [6, 6.07) is 26.6. The Hall–Kier alpha value is -2.63. The minimum atomic E-state index is -3.59. The van der Waals surface area contributed by atoms with E-state index in [2.05, 4.69) is 53.3 Å². The maximum atomic E-state index is 13.2. The summed E-state index contributed by atoms with van der Waals surface area (Å²) >= 11 is 0. The third kappa shape index (κ3) is 4.12. The van der Waals surface area contributed by atoms with Crippen LogP contribution in [0.2, 0.25) is 0 Å². The first-order chi connectivity index (χ1) is 15.1. The van der Waals surface area contributed by atoms with Crippen molar-refractivity contribution in [2.75, 3.05) is 17.8 Å². The van der Waals surface area contributed by atoms with Gasteiger partial charge in [-0.1, -0.05) is 66.7 Å². The Bertz CT molecular complexity index is 1110. The average molecular weight is 433 g/mol. The summed E-state index contributed by atoms with van der Waals surface area (Å²) in [5.74, 6) is 0.478. The predicted octanol–water partition coefficient (Wildman–Crippen LogP) is 4.99. The fourth-order valence-electron chi connectivity index (χ4n) is 5.26. The SMILES string of the molecule is O=S(=O)(Nc1ccccc1)N1CCCC(C2c3ccccc3CCc3ccccc32)C1.